The van der Waals surface area contributed by atoms with Crippen molar-refractivity contribution in [3.05, 3.63) is 29.8 Å². The molecule has 2 N–H and O–H groups in total. The van der Waals surface area contributed by atoms with Crippen molar-refractivity contribution in [2.75, 3.05) is 13.1 Å². The molecule has 5 aliphatic rings. The van der Waals surface area contributed by atoms with Crippen molar-refractivity contribution in [1.82, 2.24) is 14.5 Å². The predicted octanol–water partition coefficient (Wildman–Crippen LogP) is 3.55. The number of hydrogen-bond donors (Lipinski definition) is 1. The summed E-state index contributed by atoms with van der Waals surface area (Å²) in [5, 5.41) is 0. The van der Waals surface area contributed by atoms with Crippen molar-refractivity contribution in [3.8, 4) is 0 Å². The molecule has 170 valence electrons. The molecule has 0 radical (unpaired) electrons. The molecule has 4 saturated carbocycles. The molecule has 2 aromatic rings. The topological polar surface area (TPSA) is 90.4 Å². The molecule has 1 saturated heterocycles. The molecule has 6 atom stereocenters. The summed E-state index contributed by atoms with van der Waals surface area (Å²) in [7, 11) is 0. The Morgan fingerprint density at radius 2 is 1.97 bits per heavy atom. The number of fused-ring (bicyclic) bond motifs is 1. The van der Waals surface area contributed by atoms with E-state index >= 15 is 0 Å². The van der Waals surface area contributed by atoms with Crippen LogP contribution in [0, 0.1) is 35.9 Å². The summed E-state index contributed by atoms with van der Waals surface area (Å²) in [5.41, 5.74) is 6.93. The number of hydrogen-bond acceptors (Lipinski definition) is 4. The summed E-state index contributed by atoms with van der Waals surface area (Å²) < 4.78 is 21.8. The molecule has 7 nitrogen and oxygen atoms in total. The number of nitrogens with zero attached hydrogens (tertiary/aromatic N) is 3. The number of amides is 2. The summed E-state index contributed by atoms with van der Waals surface area (Å²) in [5.74, 6) is 1.37. The summed E-state index contributed by atoms with van der Waals surface area (Å²) in [4.78, 5) is 31.5. The van der Waals surface area contributed by atoms with E-state index in [1.165, 1.54) is 12.1 Å². The second-order valence-electron chi connectivity index (χ2n) is 10.5. The zero-order chi connectivity index (χ0) is 22.2. The fourth-order valence-corrected chi connectivity index (χ4v) is 7.43. The molecular formula is C24H29FN4O3. The van der Waals surface area contributed by atoms with Gasteiger partial charge in [-0.1, -0.05) is 0 Å². The zero-order valence-corrected chi connectivity index (χ0v) is 18.3. The minimum Gasteiger partial charge on any atom is -0.446 e. The number of primary amides is 1. The number of aryl methyl sites for hydroxylation is 1. The van der Waals surface area contributed by atoms with Gasteiger partial charge in [-0.15, -0.1) is 0 Å². The molecule has 2 heterocycles. The molecule has 5 fully saturated rings. The predicted molar refractivity (Wildman–Crippen MR) is 115 cm³/mol. The summed E-state index contributed by atoms with van der Waals surface area (Å²) >= 11 is 0. The monoisotopic (exact) mass is 440 g/mol. The number of ether oxygens (including phenoxy) is 1. The SMILES string of the molecule is Cc1nc2cc(F)ccc2n1C1CCN(C(=O)OC2C3CC4C[C@H]2CC(C(N)=O)(C4)C3)C1. The van der Waals surface area contributed by atoms with E-state index in [4.69, 9.17) is 10.5 Å². The van der Waals surface area contributed by atoms with Crippen LogP contribution in [0.2, 0.25) is 0 Å². The Hall–Kier alpha value is -2.64. The largest absolute Gasteiger partial charge is 0.446 e. The Morgan fingerprint density at radius 3 is 2.69 bits per heavy atom. The number of carbonyl (C=O) groups is 2. The van der Waals surface area contributed by atoms with Crippen LogP contribution in [0.25, 0.3) is 11.0 Å². The van der Waals surface area contributed by atoms with Gasteiger partial charge in [-0.2, -0.15) is 0 Å². The van der Waals surface area contributed by atoms with Crippen LogP contribution in [0.3, 0.4) is 0 Å². The Bertz CT molecular complexity index is 1100. The maximum Gasteiger partial charge on any atom is 0.410 e. The molecule has 0 spiro atoms. The van der Waals surface area contributed by atoms with Crippen LogP contribution >= 0.6 is 0 Å². The molecule has 1 aromatic carbocycles. The second kappa shape index (κ2) is 6.93. The Labute approximate surface area is 186 Å². The standard InChI is InChI=1S/C24H29FN4O3/c1-13-27-19-8-17(25)2-3-20(19)29(13)18-4-5-28(12-18)23(31)32-21-15-6-14-7-16(21)11-24(9-14,10-15)22(26)30/h2-3,8,14-16,18,21H,4-7,9-12H2,1H3,(H2,26,30)/t14?,15-,16?,18?,21?,24?/m0/s1. The van der Waals surface area contributed by atoms with E-state index < -0.39 is 0 Å². The van der Waals surface area contributed by atoms with Gasteiger partial charge in [-0.05, 0) is 75.3 Å². The smallest absolute Gasteiger partial charge is 0.410 e. The van der Waals surface area contributed by atoms with Crippen molar-refractivity contribution < 1.29 is 18.7 Å². The van der Waals surface area contributed by atoms with E-state index in [-0.39, 0.29) is 47.2 Å². The Balaban J connectivity index is 1.16. The van der Waals surface area contributed by atoms with E-state index in [1.54, 1.807) is 11.0 Å². The number of rotatable bonds is 3. The molecule has 4 aliphatic carbocycles. The molecule has 32 heavy (non-hydrogen) atoms. The highest BCUT2D eigenvalue weighted by Gasteiger charge is 2.59. The lowest BCUT2D eigenvalue weighted by molar-refractivity contribution is -0.161. The highest BCUT2D eigenvalue weighted by atomic mass is 19.1. The average Bonchev–Trinajstić information content (AvgIpc) is 3.33. The zero-order valence-electron chi connectivity index (χ0n) is 18.3. The van der Waals surface area contributed by atoms with E-state index in [0.29, 0.717) is 24.5 Å². The average molecular weight is 441 g/mol. The van der Waals surface area contributed by atoms with Crippen LogP contribution in [0.15, 0.2) is 18.2 Å². The van der Waals surface area contributed by atoms with Gasteiger partial charge >= 0.3 is 6.09 Å². The van der Waals surface area contributed by atoms with E-state index in [1.807, 2.05) is 6.92 Å². The van der Waals surface area contributed by atoms with Crippen molar-refractivity contribution >= 4 is 23.0 Å². The fourth-order valence-electron chi connectivity index (χ4n) is 7.43. The van der Waals surface area contributed by atoms with Crippen molar-refractivity contribution in [1.29, 1.82) is 0 Å². The van der Waals surface area contributed by atoms with E-state index in [0.717, 1.165) is 49.9 Å². The number of benzene rings is 1. The van der Waals surface area contributed by atoms with Crippen molar-refractivity contribution in [2.45, 2.75) is 57.6 Å². The third-order valence-corrected chi connectivity index (χ3v) is 8.56. The van der Waals surface area contributed by atoms with Crippen LogP contribution < -0.4 is 5.73 Å². The van der Waals surface area contributed by atoms with Gasteiger partial charge in [0.05, 0.1) is 22.5 Å². The van der Waals surface area contributed by atoms with Gasteiger partial charge in [-0.3, -0.25) is 4.79 Å². The molecule has 1 aromatic heterocycles. The maximum atomic E-state index is 13.6. The van der Waals surface area contributed by atoms with Gasteiger partial charge in [0.2, 0.25) is 5.91 Å². The third-order valence-electron chi connectivity index (χ3n) is 8.56. The Kier molecular flexibility index (Phi) is 4.33. The van der Waals surface area contributed by atoms with E-state index in [2.05, 4.69) is 9.55 Å². The Morgan fingerprint density at radius 1 is 1.22 bits per heavy atom. The van der Waals surface area contributed by atoms with Gasteiger partial charge < -0.3 is 19.9 Å². The molecule has 4 bridgehead atoms. The summed E-state index contributed by atoms with van der Waals surface area (Å²) in [6, 6.07) is 4.75. The first kappa shape index (κ1) is 20.0. The van der Waals surface area contributed by atoms with Crippen LogP contribution in [0.1, 0.15) is 50.4 Å². The summed E-state index contributed by atoms with van der Waals surface area (Å²) in [6.45, 7) is 3.10. The van der Waals surface area contributed by atoms with Gasteiger partial charge in [0.25, 0.3) is 0 Å². The lowest BCUT2D eigenvalue weighted by Crippen LogP contribution is -2.59. The van der Waals surface area contributed by atoms with Crippen LogP contribution in [0.5, 0.6) is 0 Å². The molecule has 8 heteroatoms. The lowest BCUT2D eigenvalue weighted by Gasteiger charge is -2.58. The maximum absolute atomic E-state index is 13.6. The first-order valence-corrected chi connectivity index (χ1v) is 11.7. The van der Waals surface area contributed by atoms with Crippen molar-refractivity contribution in [2.24, 2.45) is 28.9 Å². The van der Waals surface area contributed by atoms with Gasteiger partial charge in [0.15, 0.2) is 0 Å². The van der Waals surface area contributed by atoms with Crippen LogP contribution in [0.4, 0.5) is 9.18 Å². The number of imidazole rings is 1. The normalized spacial score (nSPS) is 35.6. The van der Waals surface area contributed by atoms with Crippen LogP contribution in [-0.2, 0) is 9.53 Å². The number of halogens is 1. The van der Waals surface area contributed by atoms with Crippen molar-refractivity contribution in [3.63, 3.8) is 0 Å². The minimum absolute atomic E-state index is 0.0923. The lowest BCUT2D eigenvalue weighted by atomic mass is 9.48. The quantitative estimate of drug-likeness (QED) is 0.790. The molecule has 7 rings (SSSR count). The van der Waals surface area contributed by atoms with Gasteiger partial charge in [-0.25, -0.2) is 14.2 Å². The third kappa shape index (κ3) is 2.94. The molecule has 5 unspecified atom stereocenters. The van der Waals surface area contributed by atoms with Crippen LogP contribution in [-0.4, -0.2) is 45.6 Å². The highest BCUT2D eigenvalue weighted by molar-refractivity contribution is 5.81. The molecule has 1 aliphatic heterocycles. The molecule has 2 amide bonds. The second-order valence-corrected chi connectivity index (χ2v) is 10.5. The van der Waals surface area contributed by atoms with E-state index in [9.17, 15) is 14.0 Å². The van der Waals surface area contributed by atoms with Gasteiger partial charge in [0.1, 0.15) is 17.7 Å². The molecular weight excluding hydrogens is 411 g/mol. The first-order valence-electron chi connectivity index (χ1n) is 11.7. The summed E-state index contributed by atoms with van der Waals surface area (Å²) in [6.07, 6.45) is 4.93. The highest BCUT2D eigenvalue weighted by Crippen LogP contribution is 2.60. The van der Waals surface area contributed by atoms with Gasteiger partial charge in [0, 0.05) is 19.2 Å². The number of carbonyl (C=O) groups excluding carboxylic acids is 2. The number of aromatic nitrogens is 2. The first-order chi connectivity index (χ1) is 15.3. The minimum atomic E-state index is -0.377. The fraction of sp³-hybridized carbons (Fsp3) is 0.625. The number of likely N-dealkylation sites (tertiary alicyclic amines) is 1. The number of nitrogens with two attached hydrogens (primary N) is 1.